The van der Waals surface area contributed by atoms with Crippen LogP contribution in [0.15, 0.2) is 84.9 Å². The monoisotopic (exact) mass is 611 g/mol. The predicted octanol–water partition coefficient (Wildman–Crippen LogP) is 6.77. The number of ether oxygens (including phenoxy) is 2. The predicted molar refractivity (Wildman–Crippen MR) is 146 cm³/mol. The van der Waals surface area contributed by atoms with Crippen LogP contribution in [0.4, 0.5) is 0 Å². The van der Waals surface area contributed by atoms with Crippen LogP contribution in [0.1, 0.15) is 16.1 Å². The van der Waals surface area contributed by atoms with Crippen LogP contribution in [-0.4, -0.2) is 30.3 Å². The number of halogens is 2. The van der Waals surface area contributed by atoms with Gasteiger partial charge in [-0.3, -0.25) is 0 Å². The molecule has 0 atom stereocenters. The van der Waals surface area contributed by atoms with Crippen molar-refractivity contribution in [3.8, 4) is 34.0 Å². The number of fused-ring (bicyclic) bond motifs is 1. The minimum atomic E-state index is -1.13. The van der Waals surface area contributed by atoms with Gasteiger partial charge < -0.3 is 14.6 Å². The molecule has 180 valence electrons. The van der Waals surface area contributed by atoms with Crippen molar-refractivity contribution in [1.82, 2.24) is 14.6 Å². The maximum atomic E-state index is 11.6. The lowest BCUT2D eigenvalue weighted by Gasteiger charge is -2.11. The topological polar surface area (TPSA) is 86.0 Å². The average molecular weight is 612 g/mol. The summed E-state index contributed by atoms with van der Waals surface area (Å²) >= 11 is 8.53. The highest BCUT2D eigenvalue weighted by atomic mass is 127. The molecule has 0 unspecified atom stereocenters. The largest absolute Gasteiger partial charge is 0.489 e. The van der Waals surface area contributed by atoms with E-state index in [4.69, 9.17) is 21.1 Å². The highest BCUT2D eigenvalue weighted by Gasteiger charge is 2.17. The fourth-order valence-corrected chi connectivity index (χ4v) is 4.30. The number of rotatable bonds is 8. The molecule has 0 aliphatic rings. The first-order valence-electron chi connectivity index (χ1n) is 10.9. The fraction of sp³-hybridized carbons (Fsp3) is 0.0741. The Labute approximate surface area is 225 Å². The van der Waals surface area contributed by atoms with E-state index >= 15 is 0 Å². The smallest absolute Gasteiger partial charge is 0.356 e. The van der Waals surface area contributed by atoms with Crippen molar-refractivity contribution in [3.05, 3.63) is 101 Å². The van der Waals surface area contributed by atoms with Crippen molar-refractivity contribution in [1.29, 1.82) is 0 Å². The van der Waals surface area contributed by atoms with Gasteiger partial charge in [-0.2, -0.15) is 5.10 Å². The van der Waals surface area contributed by atoms with E-state index in [1.54, 1.807) is 12.1 Å². The minimum absolute atomic E-state index is 0.0958. The van der Waals surface area contributed by atoms with E-state index in [1.165, 1.54) is 10.6 Å². The maximum Gasteiger partial charge on any atom is 0.356 e. The molecular formula is C27H19ClIN3O4. The van der Waals surface area contributed by atoms with E-state index < -0.39 is 5.97 Å². The zero-order valence-corrected chi connectivity index (χ0v) is 21.7. The molecule has 0 amide bonds. The van der Waals surface area contributed by atoms with E-state index in [9.17, 15) is 9.90 Å². The van der Waals surface area contributed by atoms with Crippen LogP contribution in [0, 0.1) is 0 Å². The average Bonchev–Trinajstić information content (AvgIpc) is 3.34. The lowest BCUT2D eigenvalue weighted by Crippen LogP contribution is -2.01. The second-order valence-electron chi connectivity index (χ2n) is 7.83. The Balaban J connectivity index is 1.52. The molecule has 0 spiro atoms. The molecule has 0 aliphatic heterocycles. The van der Waals surface area contributed by atoms with Gasteiger partial charge in [-0.25, -0.2) is 14.3 Å². The van der Waals surface area contributed by atoms with Gasteiger partial charge in [-0.15, -0.1) is 0 Å². The molecule has 0 aliphatic carbocycles. The summed E-state index contributed by atoms with van der Waals surface area (Å²) in [5, 5.41) is 14.2. The second kappa shape index (κ2) is 10.5. The molecule has 7 nitrogen and oxygen atoms in total. The maximum absolute atomic E-state index is 11.6. The minimum Gasteiger partial charge on any atom is -0.489 e. The fourth-order valence-electron chi connectivity index (χ4n) is 3.73. The number of carbonyl (C=O) groups is 1. The Bertz CT molecular complexity index is 1540. The van der Waals surface area contributed by atoms with Gasteiger partial charge in [0.15, 0.2) is 11.3 Å². The van der Waals surface area contributed by atoms with Crippen molar-refractivity contribution in [3.63, 3.8) is 0 Å². The summed E-state index contributed by atoms with van der Waals surface area (Å²) in [6.45, 7) is 0.473. The molecule has 1 N–H and O–H groups in total. The van der Waals surface area contributed by atoms with Crippen molar-refractivity contribution < 1.29 is 19.4 Å². The molecular weight excluding hydrogens is 593 g/mol. The van der Waals surface area contributed by atoms with E-state index in [-0.39, 0.29) is 5.69 Å². The molecule has 2 heterocycles. The SMILES string of the molecule is O=C(O)c1cc2nc(-c3ccc(OCc4ccccc4)cc3)cc(-c3ccc(OCI)c(Cl)c3)n2n1. The normalized spacial score (nSPS) is 10.9. The number of aromatic carboxylic acids is 1. The molecule has 5 rings (SSSR count). The number of carboxylic acid groups (broad SMARTS) is 1. The Morgan fingerprint density at radius 3 is 2.39 bits per heavy atom. The van der Waals surface area contributed by atoms with Gasteiger partial charge in [0.1, 0.15) is 22.7 Å². The summed E-state index contributed by atoms with van der Waals surface area (Å²) in [6.07, 6.45) is 0. The molecule has 36 heavy (non-hydrogen) atoms. The molecule has 0 bridgehead atoms. The summed E-state index contributed by atoms with van der Waals surface area (Å²) < 4.78 is 13.4. The summed E-state index contributed by atoms with van der Waals surface area (Å²) in [7, 11) is 0. The van der Waals surface area contributed by atoms with Gasteiger partial charge >= 0.3 is 5.97 Å². The first kappa shape index (κ1) is 24.1. The van der Waals surface area contributed by atoms with Gasteiger partial charge in [-0.1, -0.05) is 41.9 Å². The first-order valence-corrected chi connectivity index (χ1v) is 12.8. The van der Waals surface area contributed by atoms with Gasteiger partial charge in [0.2, 0.25) is 0 Å². The zero-order chi connectivity index (χ0) is 25.1. The van der Waals surface area contributed by atoms with Crippen LogP contribution < -0.4 is 9.47 Å². The number of hydrogen-bond donors (Lipinski definition) is 1. The van der Waals surface area contributed by atoms with Crippen LogP contribution in [0.3, 0.4) is 0 Å². The van der Waals surface area contributed by atoms with Crippen LogP contribution in [0.25, 0.3) is 28.2 Å². The van der Waals surface area contributed by atoms with Gasteiger partial charge in [-0.05, 0) is 76.7 Å². The van der Waals surface area contributed by atoms with Gasteiger partial charge in [0, 0.05) is 17.2 Å². The molecule has 0 saturated heterocycles. The highest BCUT2D eigenvalue weighted by molar-refractivity contribution is 14.1. The number of carboxylic acids is 1. The standard InChI is InChI=1S/C27H19ClIN3O4/c28-21-12-19(8-11-25(21)36-16-29)24-13-22(30-26-14-23(27(33)34)31-32(24)26)18-6-9-20(10-7-18)35-15-17-4-2-1-3-5-17/h1-14H,15-16H2,(H,33,34). The lowest BCUT2D eigenvalue weighted by atomic mass is 10.1. The quantitative estimate of drug-likeness (QED) is 0.154. The van der Waals surface area contributed by atoms with Gasteiger partial charge in [0.25, 0.3) is 0 Å². The van der Waals surface area contributed by atoms with E-state index in [1.807, 2.05) is 66.7 Å². The summed E-state index contributed by atoms with van der Waals surface area (Å²) in [5.74, 6) is 0.175. The molecule has 2 aromatic heterocycles. The summed E-state index contributed by atoms with van der Waals surface area (Å²) in [5.41, 5.74) is 4.30. The van der Waals surface area contributed by atoms with E-state index in [0.29, 0.717) is 39.0 Å². The third kappa shape index (κ3) is 5.14. The van der Waals surface area contributed by atoms with Crippen molar-refractivity contribution in [2.45, 2.75) is 6.61 Å². The van der Waals surface area contributed by atoms with Crippen LogP contribution in [-0.2, 0) is 6.61 Å². The van der Waals surface area contributed by atoms with E-state index in [0.717, 1.165) is 22.4 Å². The van der Waals surface area contributed by atoms with Crippen molar-refractivity contribution in [2.75, 3.05) is 4.61 Å². The molecule has 5 aromatic rings. The number of aromatic nitrogens is 3. The Morgan fingerprint density at radius 1 is 0.944 bits per heavy atom. The lowest BCUT2D eigenvalue weighted by molar-refractivity contribution is 0.0690. The molecule has 0 fully saturated rings. The Kier molecular flexibility index (Phi) is 7.06. The summed E-state index contributed by atoms with van der Waals surface area (Å²) in [4.78, 5) is 16.3. The first-order chi connectivity index (χ1) is 17.5. The number of alkyl halides is 1. The number of benzene rings is 3. The molecule has 0 saturated carbocycles. The van der Waals surface area contributed by atoms with Crippen molar-refractivity contribution in [2.24, 2.45) is 0 Å². The third-order valence-electron chi connectivity index (χ3n) is 5.48. The summed E-state index contributed by atoms with van der Waals surface area (Å²) in [6, 6.07) is 26.3. The number of nitrogens with zero attached hydrogens (tertiary/aromatic N) is 3. The second-order valence-corrected chi connectivity index (χ2v) is 8.86. The zero-order valence-electron chi connectivity index (χ0n) is 18.8. The van der Waals surface area contributed by atoms with Crippen LogP contribution in [0.2, 0.25) is 5.02 Å². The highest BCUT2D eigenvalue weighted by Crippen LogP contribution is 2.33. The number of hydrogen-bond acceptors (Lipinski definition) is 5. The van der Waals surface area contributed by atoms with Crippen molar-refractivity contribution >= 4 is 45.8 Å². The molecule has 0 radical (unpaired) electrons. The van der Waals surface area contributed by atoms with Crippen LogP contribution in [0.5, 0.6) is 11.5 Å². The van der Waals surface area contributed by atoms with Crippen LogP contribution >= 0.6 is 34.2 Å². The van der Waals surface area contributed by atoms with Gasteiger partial charge in [0.05, 0.1) is 16.4 Å². The Hall–Kier alpha value is -3.63. The molecule has 9 heteroatoms. The third-order valence-corrected chi connectivity index (χ3v) is 6.09. The Morgan fingerprint density at radius 2 is 1.69 bits per heavy atom. The van der Waals surface area contributed by atoms with E-state index in [2.05, 4.69) is 32.7 Å². The molecule has 3 aromatic carbocycles.